The van der Waals surface area contributed by atoms with E-state index < -0.39 is 35.2 Å². The van der Waals surface area contributed by atoms with Crippen LogP contribution in [0.15, 0.2) is 46.8 Å². The van der Waals surface area contributed by atoms with Crippen LogP contribution in [0.25, 0.3) is 0 Å². The van der Waals surface area contributed by atoms with Crippen molar-refractivity contribution in [3.63, 3.8) is 0 Å². The lowest BCUT2D eigenvalue weighted by molar-refractivity contribution is -0.384. The maximum atomic E-state index is 12.7. The molecule has 1 heterocycles. The van der Waals surface area contributed by atoms with Crippen LogP contribution >= 0.6 is 0 Å². The lowest BCUT2D eigenvalue weighted by Gasteiger charge is -2.30. The van der Waals surface area contributed by atoms with Crippen molar-refractivity contribution in [3.8, 4) is 0 Å². The van der Waals surface area contributed by atoms with Gasteiger partial charge in [0.05, 0.1) is 23.5 Å². The molecule has 0 radical (unpaired) electrons. The summed E-state index contributed by atoms with van der Waals surface area (Å²) in [6.07, 6.45) is 0. The van der Waals surface area contributed by atoms with Gasteiger partial charge in [0, 0.05) is 29.1 Å². The van der Waals surface area contributed by atoms with Gasteiger partial charge < -0.3 is 20.5 Å². The zero-order valence-corrected chi connectivity index (χ0v) is 15.4. The number of methoxy groups -OCH3 is 1. The molecule has 0 saturated carbocycles. The normalized spacial score (nSPS) is 16.3. The third-order valence-corrected chi connectivity index (χ3v) is 4.22. The molecule has 10 nitrogen and oxygen atoms in total. The van der Waals surface area contributed by atoms with Crippen molar-refractivity contribution >= 4 is 23.5 Å². The number of dihydropyridines is 1. The number of carbonyl (C=O) groups excluding carboxylic acids is 2. The summed E-state index contributed by atoms with van der Waals surface area (Å²) in [5.74, 6) is -3.63. The smallest absolute Gasteiger partial charge is 0.336 e. The monoisotopic (exact) mass is 389 g/mol. The molecule has 0 aromatic heterocycles. The largest absolute Gasteiger partial charge is 0.480 e. The highest BCUT2D eigenvalue weighted by molar-refractivity contribution is 6.02. The minimum absolute atomic E-state index is 0.0766. The molecule has 1 aromatic rings. The molecular weight excluding hydrogens is 370 g/mol. The number of nitro benzene ring substituents is 1. The summed E-state index contributed by atoms with van der Waals surface area (Å²) in [7, 11) is 1.18. The number of esters is 1. The van der Waals surface area contributed by atoms with Crippen molar-refractivity contribution in [2.45, 2.75) is 19.8 Å². The molecule has 0 unspecified atom stereocenters. The number of amides is 1. The summed E-state index contributed by atoms with van der Waals surface area (Å²) >= 11 is 0. The van der Waals surface area contributed by atoms with Crippen LogP contribution in [0.3, 0.4) is 0 Å². The lowest BCUT2D eigenvalue weighted by atomic mass is 9.80. The van der Waals surface area contributed by atoms with Crippen molar-refractivity contribution in [3.05, 3.63) is 62.5 Å². The molecular formula is C18H19N3O7. The fourth-order valence-electron chi connectivity index (χ4n) is 3.08. The zero-order valence-electron chi connectivity index (χ0n) is 15.4. The van der Waals surface area contributed by atoms with Crippen LogP contribution in [0.2, 0.25) is 0 Å². The van der Waals surface area contributed by atoms with Crippen molar-refractivity contribution < 1.29 is 29.2 Å². The van der Waals surface area contributed by atoms with E-state index in [0.29, 0.717) is 17.0 Å². The number of nitro groups is 1. The average molecular weight is 389 g/mol. The first-order valence-electron chi connectivity index (χ1n) is 8.18. The highest BCUT2D eigenvalue weighted by Crippen LogP contribution is 2.39. The van der Waals surface area contributed by atoms with Gasteiger partial charge in [0.1, 0.15) is 6.54 Å². The van der Waals surface area contributed by atoms with Crippen LogP contribution in [0, 0.1) is 10.1 Å². The second kappa shape index (κ2) is 8.33. The number of benzene rings is 1. The van der Waals surface area contributed by atoms with E-state index in [-0.39, 0.29) is 16.8 Å². The SMILES string of the molecule is COC(=O)C1=C(C)NC(C)=C(C(=O)NCC(=O)O)[C@H]1c1cccc([N+](=O)[O-])c1. The molecule has 1 atom stereocenters. The second-order valence-electron chi connectivity index (χ2n) is 6.06. The predicted molar refractivity (Wildman–Crippen MR) is 97.0 cm³/mol. The summed E-state index contributed by atoms with van der Waals surface area (Å²) < 4.78 is 4.83. The van der Waals surface area contributed by atoms with Crippen LogP contribution < -0.4 is 10.6 Å². The Hall–Kier alpha value is -3.69. The van der Waals surface area contributed by atoms with Gasteiger partial charge in [-0.15, -0.1) is 0 Å². The number of non-ortho nitro benzene ring substituents is 1. The first-order chi connectivity index (χ1) is 13.2. The fourth-order valence-corrected chi connectivity index (χ4v) is 3.08. The molecule has 1 aliphatic heterocycles. The molecule has 0 bridgehead atoms. The number of hydrogen-bond donors (Lipinski definition) is 3. The molecule has 2 rings (SSSR count). The summed E-state index contributed by atoms with van der Waals surface area (Å²) in [5, 5.41) is 25.2. The van der Waals surface area contributed by atoms with Crippen LogP contribution in [0.1, 0.15) is 25.3 Å². The van der Waals surface area contributed by atoms with Crippen LogP contribution in [0.4, 0.5) is 5.69 Å². The van der Waals surface area contributed by atoms with Crippen molar-refractivity contribution in [2.24, 2.45) is 0 Å². The minimum Gasteiger partial charge on any atom is -0.480 e. The van der Waals surface area contributed by atoms with E-state index in [4.69, 9.17) is 9.84 Å². The van der Waals surface area contributed by atoms with Gasteiger partial charge in [-0.2, -0.15) is 0 Å². The predicted octanol–water partition coefficient (Wildman–Crippen LogP) is 1.20. The Morgan fingerprint density at radius 2 is 1.89 bits per heavy atom. The van der Waals surface area contributed by atoms with Crippen molar-refractivity contribution in [2.75, 3.05) is 13.7 Å². The molecule has 28 heavy (non-hydrogen) atoms. The van der Waals surface area contributed by atoms with E-state index in [1.807, 2.05) is 0 Å². The number of carboxylic acid groups (broad SMARTS) is 1. The maximum absolute atomic E-state index is 12.7. The molecule has 10 heteroatoms. The first-order valence-corrected chi connectivity index (χ1v) is 8.18. The van der Waals surface area contributed by atoms with Gasteiger partial charge in [0.25, 0.3) is 5.69 Å². The highest BCUT2D eigenvalue weighted by Gasteiger charge is 2.37. The van der Waals surface area contributed by atoms with E-state index in [1.54, 1.807) is 19.9 Å². The van der Waals surface area contributed by atoms with Gasteiger partial charge in [-0.3, -0.25) is 19.7 Å². The van der Waals surface area contributed by atoms with Gasteiger partial charge in [-0.05, 0) is 19.4 Å². The van der Waals surface area contributed by atoms with Gasteiger partial charge in [0.15, 0.2) is 0 Å². The van der Waals surface area contributed by atoms with Gasteiger partial charge in [-0.1, -0.05) is 12.1 Å². The highest BCUT2D eigenvalue weighted by atomic mass is 16.6. The quantitative estimate of drug-likeness (QED) is 0.373. The van der Waals surface area contributed by atoms with Crippen molar-refractivity contribution in [1.82, 2.24) is 10.6 Å². The molecule has 1 aliphatic rings. The molecule has 3 N–H and O–H groups in total. The van der Waals surface area contributed by atoms with Crippen LogP contribution in [0.5, 0.6) is 0 Å². The van der Waals surface area contributed by atoms with E-state index >= 15 is 0 Å². The Labute approximate surface area is 160 Å². The molecule has 0 spiro atoms. The second-order valence-corrected chi connectivity index (χ2v) is 6.06. The molecule has 1 amide bonds. The Kier molecular flexibility index (Phi) is 6.14. The molecule has 0 saturated heterocycles. The van der Waals surface area contributed by atoms with Crippen LogP contribution in [-0.2, 0) is 19.1 Å². The minimum atomic E-state index is -1.23. The number of aliphatic carboxylic acids is 1. The molecule has 148 valence electrons. The number of allylic oxidation sites excluding steroid dienone is 2. The third-order valence-electron chi connectivity index (χ3n) is 4.22. The molecule has 1 aromatic carbocycles. The number of rotatable bonds is 6. The number of hydrogen-bond acceptors (Lipinski definition) is 7. The standard InChI is InChI=1S/C18H19N3O7/c1-9-14(17(24)19-8-13(22)23)16(15(10(2)20-9)18(25)28-3)11-5-4-6-12(7-11)21(26)27/h4-7,16,20H,8H2,1-3H3,(H,19,24)(H,22,23)/t16-/m1/s1. The Morgan fingerprint density at radius 3 is 2.46 bits per heavy atom. The maximum Gasteiger partial charge on any atom is 0.336 e. The number of nitrogens with zero attached hydrogens (tertiary/aromatic N) is 1. The Balaban J connectivity index is 2.64. The Bertz CT molecular complexity index is 918. The van der Waals surface area contributed by atoms with E-state index in [1.165, 1.54) is 25.3 Å². The Morgan fingerprint density at radius 1 is 1.25 bits per heavy atom. The summed E-state index contributed by atoms with van der Waals surface area (Å²) in [5.41, 5.74) is 1.12. The number of carboxylic acids is 1. The summed E-state index contributed by atoms with van der Waals surface area (Å²) in [6.45, 7) is 2.59. The van der Waals surface area contributed by atoms with Gasteiger partial charge in [0.2, 0.25) is 5.91 Å². The lowest BCUT2D eigenvalue weighted by Crippen LogP contribution is -2.38. The third kappa shape index (κ3) is 4.17. The summed E-state index contributed by atoms with van der Waals surface area (Å²) in [4.78, 5) is 46.5. The van der Waals surface area contributed by atoms with Crippen LogP contribution in [-0.4, -0.2) is 41.5 Å². The number of carbonyl (C=O) groups is 3. The zero-order chi connectivity index (χ0) is 21.0. The topological polar surface area (TPSA) is 148 Å². The van der Waals surface area contributed by atoms with E-state index in [0.717, 1.165) is 0 Å². The number of nitrogens with one attached hydrogen (secondary N) is 2. The van der Waals surface area contributed by atoms with E-state index in [2.05, 4.69) is 10.6 Å². The first kappa shape index (κ1) is 20.6. The average Bonchev–Trinajstić information content (AvgIpc) is 2.65. The van der Waals surface area contributed by atoms with Crippen molar-refractivity contribution in [1.29, 1.82) is 0 Å². The molecule has 0 aliphatic carbocycles. The molecule has 0 fully saturated rings. The van der Waals surface area contributed by atoms with Gasteiger partial charge in [-0.25, -0.2) is 4.79 Å². The fraction of sp³-hybridized carbons (Fsp3) is 0.278. The van der Waals surface area contributed by atoms with Gasteiger partial charge >= 0.3 is 11.9 Å². The number of ether oxygens (including phenoxy) is 1. The van der Waals surface area contributed by atoms with E-state index in [9.17, 15) is 24.5 Å². The summed E-state index contributed by atoms with van der Waals surface area (Å²) in [6, 6.07) is 5.56.